The largest absolute Gasteiger partial charge is 0.390 e. The first-order chi connectivity index (χ1) is 12.8. The van der Waals surface area contributed by atoms with E-state index in [9.17, 15) is 18.7 Å². The third kappa shape index (κ3) is 4.94. The molecule has 27 heavy (non-hydrogen) atoms. The molecule has 0 radical (unpaired) electrons. The fourth-order valence-corrected chi connectivity index (χ4v) is 3.22. The van der Waals surface area contributed by atoms with Gasteiger partial charge in [-0.1, -0.05) is 0 Å². The summed E-state index contributed by atoms with van der Waals surface area (Å²) in [5.74, 6) is -2.91. The fourth-order valence-electron chi connectivity index (χ4n) is 2.57. The second kappa shape index (κ2) is 8.07. The molecule has 144 valence electrons. The van der Waals surface area contributed by atoms with Crippen LogP contribution in [0.3, 0.4) is 0 Å². The molecule has 5 nitrogen and oxygen atoms in total. The highest BCUT2D eigenvalue weighted by Crippen LogP contribution is 2.38. The first-order valence-corrected chi connectivity index (χ1v) is 9.53. The summed E-state index contributed by atoms with van der Waals surface area (Å²) in [5.41, 5.74) is 2.56. The van der Waals surface area contributed by atoms with Crippen molar-refractivity contribution in [1.29, 1.82) is 0 Å². The molecule has 0 heterocycles. The minimum absolute atomic E-state index is 0.0861. The molecular formula is C19H19F2IN2O3. The molecule has 1 amide bonds. The molecule has 0 aromatic heterocycles. The van der Waals surface area contributed by atoms with Gasteiger partial charge in [0, 0.05) is 15.7 Å². The van der Waals surface area contributed by atoms with Gasteiger partial charge < -0.3 is 10.4 Å². The van der Waals surface area contributed by atoms with E-state index >= 15 is 0 Å². The lowest BCUT2D eigenvalue weighted by atomic mass is 10.1. The van der Waals surface area contributed by atoms with Crippen molar-refractivity contribution in [2.75, 3.05) is 11.9 Å². The smallest absolute Gasteiger partial charge is 0.277 e. The summed E-state index contributed by atoms with van der Waals surface area (Å²) in [6, 6.07) is 7.51. The van der Waals surface area contributed by atoms with E-state index in [-0.39, 0.29) is 17.9 Å². The van der Waals surface area contributed by atoms with Crippen molar-refractivity contribution in [2.45, 2.75) is 31.8 Å². The van der Waals surface area contributed by atoms with E-state index in [1.807, 2.05) is 19.1 Å². The monoisotopic (exact) mass is 488 g/mol. The van der Waals surface area contributed by atoms with E-state index in [1.165, 1.54) is 6.07 Å². The number of amides is 1. The summed E-state index contributed by atoms with van der Waals surface area (Å²) in [4.78, 5) is 17.4. The van der Waals surface area contributed by atoms with Gasteiger partial charge in [-0.25, -0.2) is 14.3 Å². The normalized spacial score (nSPS) is 14.7. The molecule has 1 aliphatic rings. The zero-order valence-electron chi connectivity index (χ0n) is 14.6. The van der Waals surface area contributed by atoms with Crippen LogP contribution in [0.25, 0.3) is 0 Å². The van der Waals surface area contributed by atoms with E-state index in [4.69, 9.17) is 4.84 Å². The van der Waals surface area contributed by atoms with Crippen molar-refractivity contribution in [2.24, 2.45) is 0 Å². The predicted octanol–water partition coefficient (Wildman–Crippen LogP) is 4.20. The molecule has 1 fully saturated rings. The van der Waals surface area contributed by atoms with Crippen LogP contribution in [0.2, 0.25) is 0 Å². The number of halogens is 3. The summed E-state index contributed by atoms with van der Waals surface area (Å²) < 4.78 is 29.1. The number of carbonyl (C=O) groups is 1. The number of carbonyl (C=O) groups excluding carboxylic acids is 1. The number of hydrogen-bond donors (Lipinski definition) is 3. The molecule has 1 aliphatic carbocycles. The molecule has 1 saturated carbocycles. The molecule has 0 spiro atoms. The van der Waals surface area contributed by atoms with E-state index in [2.05, 4.69) is 33.4 Å². The number of hydrogen-bond acceptors (Lipinski definition) is 4. The van der Waals surface area contributed by atoms with Crippen molar-refractivity contribution in [3.8, 4) is 0 Å². The van der Waals surface area contributed by atoms with Crippen molar-refractivity contribution in [3.05, 3.63) is 56.7 Å². The quantitative estimate of drug-likeness (QED) is 0.311. The second-order valence-electron chi connectivity index (χ2n) is 6.62. The van der Waals surface area contributed by atoms with Crippen LogP contribution in [-0.2, 0) is 4.84 Å². The van der Waals surface area contributed by atoms with Gasteiger partial charge in [0.2, 0.25) is 0 Å². The summed E-state index contributed by atoms with van der Waals surface area (Å²) in [7, 11) is 0. The minimum Gasteiger partial charge on any atom is -0.390 e. The lowest BCUT2D eigenvalue weighted by molar-refractivity contribution is 0.0120. The summed E-state index contributed by atoms with van der Waals surface area (Å²) in [5, 5.41) is 12.5. The molecular weight excluding hydrogens is 469 g/mol. The molecule has 0 saturated heterocycles. The molecule has 0 atom stereocenters. The van der Waals surface area contributed by atoms with Crippen molar-refractivity contribution in [3.63, 3.8) is 0 Å². The van der Waals surface area contributed by atoms with Gasteiger partial charge in [0.25, 0.3) is 5.91 Å². The van der Waals surface area contributed by atoms with E-state index < -0.39 is 23.1 Å². The number of aliphatic hydroxyl groups is 1. The van der Waals surface area contributed by atoms with Crippen LogP contribution in [-0.4, -0.2) is 23.2 Å². The number of hydroxylamine groups is 1. The number of benzene rings is 2. The Labute approximate surface area is 169 Å². The van der Waals surface area contributed by atoms with Crippen molar-refractivity contribution < 1.29 is 23.5 Å². The lowest BCUT2D eigenvalue weighted by Gasteiger charge is -2.15. The first-order valence-electron chi connectivity index (χ1n) is 8.45. The average Bonchev–Trinajstić information content (AvgIpc) is 3.35. The van der Waals surface area contributed by atoms with Gasteiger partial charge in [-0.2, -0.15) is 0 Å². The Kier molecular flexibility index (Phi) is 5.97. The van der Waals surface area contributed by atoms with Gasteiger partial charge >= 0.3 is 0 Å². The number of aryl methyl sites for hydroxylation is 1. The van der Waals surface area contributed by atoms with Crippen LogP contribution in [0.5, 0.6) is 0 Å². The highest BCUT2D eigenvalue weighted by molar-refractivity contribution is 14.1. The Morgan fingerprint density at radius 3 is 2.70 bits per heavy atom. The van der Waals surface area contributed by atoms with Crippen LogP contribution in [0.1, 0.15) is 35.2 Å². The van der Waals surface area contributed by atoms with Crippen LogP contribution in [0.4, 0.5) is 20.2 Å². The van der Waals surface area contributed by atoms with Crippen LogP contribution >= 0.6 is 22.6 Å². The SMILES string of the molecule is Cc1cc(I)ccc1Nc1c(C(=O)NOCCC2(O)CC2)ccc(F)c1F. The average molecular weight is 488 g/mol. The van der Waals surface area contributed by atoms with E-state index in [0.717, 1.165) is 28.0 Å². The summed E-state index contributed by atoms with van der Waals surface area (Å²) in [6.45, 7) is 1.96. The van der Waals surface area contributed by atoms with Gasteiger partial charge in [-0.3, -0.25) is 9.63 Å². The van der Waals surface area contributed by atoms with Gasteiger partial charge in [0.05, 0.1) is 23.5 Å². The maximum atomic E-state index is 14.4. The molecule has 2 aromatic carbocycles. The Morgan fingerprint density at radius 1 is 1.30 bits per heavy atom. The lowest BCUT2D eigenvalue weighted by Crippen LogP contribution is -2.27. The first kappa shape index (κ1) is 20.0. The molecule has 0 bridgehead atoms. The van der Waals surface area contributed by atoms with Gasteiger partial charge in [-0.15, -0.1) is 0 Å². The second-order valence-corrected chi connectivity index (χ2v) is 7.87. The van der Waals surface area contributed by atoms with Crippen molar-refractivity contribution in [1.82, 2.24) is 5.48 Å². The zero-order valence-corrected chi connectivity index (χ0v) is 16.8. The maximum absolute atomic E-state index is 14.4. The zero-order chi connectivity index (χ0) is 19.6. The van der Waals surface area contributed by atoms with Crippen molar-refractivity contribution >= 4 is 39.9 Å². The topological polar surface area (TPSA) is 70.6 Å². The van der Waals surface area contributed by atoms with Gasteiger partial charge in [0.1, 0.15) is 0 Å². The molecule has 3 N–H and O–H groups in total. The highest BCUT2D eigenvalue weighted by Gasteiger charge is 2.39. The molecule has 0 aliphatic heterocycles. The Bertz CT molecular complexity index is 872. The highest BCUT2D eigenvalue weighted by atomic mass is 127. The predicted molar refractivity (Wildman–Crippen MR) is 106 cm³/mol. The van der Waals surface area contributed by atoms with E-state index in [1.54, 1.807) is 6.07 Å². The fraction of sp³-hybridized carbons (Fsp3) is 0.316. The Morgan fingerprint density at radius 2 is 2.04 bits per heavy atom. The van der Waals surface area contributed by atoms with Crippen LogP contribution in [0.15, 0.2) is 30.3 Å². The maximum Gasteiger partial charge on any atom is 0.277 e. The molecule has 3 rings (SSSR count). The number of rotatable bonds is 7. The van der Waals surface area contributed by atoms with Crippen LogP contribution in [0, 0.1) is 22.1 Å². The minimum atomic E-state index is -1.15. The third-order valence-electron chi connectivity index (χ3n) is 4.45. The van der Waals surface area contributed by atoms with Crippen LogP contribution < -0.4 is 10.8 Å². The summed E-state index contributed by atoms with van der Waals surface area (Å²) in [6.07, 6.45) is 1.84. The number of anilines is 2. The third-order valence-corrected chi connectivity index (χ3v) is 5.12. The Balaban J connectivity index is 1.76. The van der Waals surface area contributed by atoms with Gasteiger partial charge in [-0.05, 0) is 78.3 Å². The van der Waals surface area contributed by atoms with Gasteiger partial charge in [0.15, 0.2) is 11.6 Å². The standard InChI is InChI=1S/C19H19F2IN2O3/c1-11-10-12(22)2-5-15(11)23-17-13(3-4-14(20)16(17)21)18(25)24-27-9-8-19(26)6-7-19/h2-5,10,23,26H,6-9H2,1H3,(H,24,25). The number of nitrogens with one attached hydrogen (secondary N) is 2. The molecule has 8 heteroatoms. The Hall–Kier alpha value is -1.78. The van der Waals surface area contributed by atoms with E-state index in [0.29, 0.717) is 12.1 Å². The summed E-state index contributed by atoms with van der Waals surface area (Å²) >= 11 is 2.15. The molecule has 2 aromatic rings. The molecule has 0 unspecified atom stereocenters.